The van der Waals surface area contributed by atoms with E-state index in [1.165, 1.54) is 17.3 Å². The van der Waals surface area contributed by atoms with Crippen molar-refractivity contribution in [1.82, 2.24) is 10.9 Å². The zero-order chi connectivity index (χ0) is 18.6. The number of sulfone groups is 1. The molecule has 1 atom stereocenters. The Balaban J connectivity index is 1.75. The van der Waals surface area contributed by atoms with E-state index in [9.17, 15) is 18.0 Å². The van der Waals surface area contributed by atoms with E-state index in [4.69, 9.17) is 0 Å². The van der Waals surface area contributed by atoms with Crippen LogP contribution in [0.5, 0.6) is 0 Å². The second-order valence-corrected chi connectivity index (χ2v) is 9.80. The van der Waals surface area contributed by atoms with Gasteiger partial charge in [0.1, 0.15) is 0 Å². The van der Waals surface area contributed by atoms with Gasteiger partial charge in [-0.1, -0.05) is 17.7 Å². The number of hydrogen-bond acceptors (Lipinski definition) is 5. The van der Waals surface area contributed by atoms with E-state index in [1.54, 1.807) is 0 Å². The Morgan fingerprint density at radius 3 is 2.28 bits per heavy atom. The summed E-state index contributed by atoms with van der Waals surface area (Å²) in [5, 5.41) is 0. The number of amides is 2. The van der Waals surface area contributed by atoms with Crippen LogP contribution in [0.2, 0.25) is 0 Å². The summed E-state index contributed by atoms with van der Waals surface area (Å²) in [4.78, 5) is 24.8. The first kappa shape index (κ1) is 19.8. The lowest BCUT2D eigenvalue weighted by Crippen LogP contribution is -2.43. The molecule has 1 aliphatic rings. The predicted molar refractivity (Wildman–Crippen MR) is 99.0 cm³/mol. The lowest BCUT2D eigenvalue weighted by molar-refractivity contribution is -0.128. The zero-order valence-electron chi connectivity index (χ0n) is 14.7. The summed E-state index contributed by atoms with van der Waals surface area (Å²) in [6.45, 7) is 6.06. The molecule has 1 aromatic rings. The lowest BCUT2D eigenvalue weighted by atomic mass is 10.1. The third kappa shape index (κ3) is 6.04. The van der Waals surface area contributed by atoms with Gasteiger partial charge in [0, 0.05) is 11.3 Å². The minimum atomic E-state index is -2.99. The topological polar surface area (TPSA) is 92.3 Å². The number of aryl methyl sites for hydroxylation is 3. The van der Waals surface area contributed by atoms with Crippen molar-refractivity contribution in [3.8, 4) is 0 Å². The van der Waals surface area contributed by atoms with E-state index >= 15 is 0 Å². The van der Waals surface area contributed by atoms with E-state index in [2.05, 4.69) is 23.0 Å². The SMILES string of the molecule is Cc1cc(C)c(SCC(=O)NNC(=O)C[C@@H]2CCS(=O)(=O)C2)c(C)c1. The van der Waals surface area contributed by atoms with Crippen LogP contribution in [0.25, 0.3) is 0 Å². The monoisotopic (exact) mass is 384 g/mol. The van der Waals surface area contributed by atoms with Gasteiger partial charge < -0.3 is 0 Å². The Morgan fingerprint density at radius 1 is 1.12 bits per heavy atom. The van der Waals surface area contributed by atoms with Crippen LogP contribution in [-0.4, -0.2) is 37.5 Å². The van der Waals surface area contributed by atoms with Crippen LogP contribution >= 0.6 is 11.8 Å². The summed E-state index contributed by atoms with van der Waals surface area (Å²) in [7, 11) is -2.99. The largest absolute Gasteiger partial charge is 0.273 e. The Hall–Kier alpha value is -1.54. The van der Waals surface area contributed by atoms with E-state index < -0.39 is 9.84 Å². The van der Waals surface area contributed by atoms with Crippen LogP contribution in [0.15, 0.2) is 17.0 Å². The molecule has 8 heteroatoms. The number of carbonyl (C=O) groups is 2. The van der Waals surface area contributed by atoms with Gasteiger partial charge >= 0.3 is 0 Å². The van der Waals surface area contributed by atoms with Gasteiger partial charge in [-0.15, -0.1) is 11.8 Å². The molecule has 1 heterocycles. The van der Waals surface area contributed by atoms with Crippen LogP contribution in [-0.2, 0) is 19.4 Å². The molecule has 2 amide bonds. The Labute approximate surface area is 153 Å². The van der Waals surface area contributed by atoms with Crippen LogP contribution in [0.1, 0.15) is 29.5 Å². The fraction of sp³-hybridized carbons (Fsp3) is 0.529. The average Bonchev–Trinajstić information content (AvgIpc) is 2.82. The third-order valence-electron chi connectivity index (χ3n) is 4.09. The summed E-state index contributed by atoms with van der Waals surface area (Å²) in [5.41, 5.74) is 8.19. The second kappa shape index (κ2) is 8.23. The summed E-state index contributed by atoms with van der Waals surface area (Å²) >= 11 is 1.43. The molecule has 6 nitrogen and oxygen atoms in total. The summed E-state index contributed by atoms with van der Waals surface area (Å²) in [6, 6.07) is 4.15. The molecule has 0 bridgehead atoms. The van der Waals surface area contributed by atoms with Gasteiger partial charge in [0.25, 0.3) is 0 Å². The van der Waals surface area contributed by atoms with Crippen molar-refractivity contribution >= 4 is 33.4 Å². The molecular weight excluding hydrogens is 360 g/mol. The summed E-state index contributed by atoms with van der Waals surface area (Å²) in [5.74, 6) is -0.420. The number of hydrazine groups is 1. The lowest BCUT2D eigenvalue weighted by Gasteiger charge is -2.12. The molecule has 2 rings (SSSR count). The van der Waals surface area contributed by atoms with Crippen molar-refractivity contribution in [2.24, 2.45) is 5.92 Å². The fourth-order valence-corrected chi connectivity index (χ4v) is 5.84. The van der Waals surface area contributed by atoms with Gasteiger partial charge in [-0.25, -0.2) is 8.42 Å². The molecule has 0 saturated carbocycles. The minimum absolute atomic E-state index is 0.0518. The van der Waals surface area contributed by atoms with Gasteiger partial charge in [-0.05, 0) is 44.2 Å². The molecule has 1 saturated heterocycles. The number of hydrogen-bond donors (Lipinski definition) is 2. The van der Waals surface area contributed by atoms with Crippen molar-refractivity contribution < 1.29 is 18.0 Å². The van der Waals surface area contributed by atoms with Crippen LogP contribution in [0.3, 0.4) is 0 Å². The second-order valence-electron chi connectivity index (χ2n) is 6.59. The fourth-order valence-electron chi connectivity index (χ4n) is 3.05. The van der Waals surface area contributed by atoms with Crippen LogP contribution in [0.4, 0.5) is 0 Å². The molecule has 1 aliphatic heterocycles. The van der Waals surface area contributed by atoms with Crippen molar-refractivity contribution in [1.29, 1.82) is 0 Å². The molecule has 0 radical (unpaired) electrons. The van der Waals surface area contributed by atoms with Gasteiger partial charge in [0.15, 0.2) is 9.84 Å². The zero-order valence-corrected chi connectivity index (χ0v) is 16.4. The molecule has 2 N–H and O–H groups in total. The Kier molecular flexibility index (Phi) is 6.51. The van der Waals surface area contributed by atoms with Crippen LogP contribution < -0.4 is 10.9 Å². The summed E-state index contributed by atoms with van der Waals surface area (Å²) in [6.07, 6.45) is 0.619. The van der Waals surface area contributed by atoms with E-state index in [1.807, 2.05) is 20.8 Å². The highest BCUT2D eigenvalue weighted by Gasteiger charge is 2.29. The number of benzene rings is 1. The molecule has 0 aromatic heterocycles. The van der Waals surface area contributed by atoms with E-state index in [0.29, 0.717) is 6.42 Å². The maximum Gasteiger partial charge on any atom is 0.248 e. The smallest absolute Gasteiger partial charge is 0.248 e. The standard InChI is InChI=1S/C17H24N2O4S2/c1-11-6-12(2)17(13(3)7-11)24-9-16(21)19-18-15(20)8-14-4-5-25(22,23)10-14/h6-7,14H,4-5,8-10H2,1-3H3,(H,18,20)(H,19,21)/t14-/m0/s1. The molecule has 1 fully saturated rings. The maximum absolute atomic E-state index is 11.9. The predicted octanol–water partition coefficient (Wildman–Crippen LogP) is 1.68. The molecule has 25 heavy (non-hydrogen) atoms. The van der Waals surface area contributed by atoms with Gasteiger partial charge in [-0.2, -0.15) is 0 Å². The Bertz CT molecular complexity index is 752. The number of thioether (sulfide) groups is 1. The molecule has 1 aromatic carbocycles. The van der Waals surface area contributed by atoms with Gasteiger partial charge in [-0.3, -0.25) is 20.4 Å². The highest BCUT2D eigenvalue weighted by Crippen LogP contribution is 2.27. The normalized spacial score (nSPS) is 18.8. The van der Waals surface area contributed by atoms with Gasteiger partial charge in [0.05, 0.1) is 17.3 Å². The maximum atomic E-state index is 11.9. The quantitative estimate of drug-likeness (QED) is 0.595. The van der Waals surface area contributed by atoms with Crippen molar-refractivity contribution in [2.75, 3.05) is 17.3 Å². The molecule has 138 valence electrons. The van der Waals surface area contributed by atoms with Crippen molar-refractivity contribution in [2.45, 2.75) is 38.5 Å². The third-order valence-corrected chi connectivity index (χ3v) is 7.27. The number of rotatable bonds is 5. The average molecular weight is 385 g/mol. The summed E-state index contributed by atoms with van der Waals surface area (Å²) < 4.78 is 22.8. The highest BCUT2D eigenvalue weighted by atomic mass is 32.2. The van der Waals surface area contributed by atoms with Crippen molar-refractivity contribution in [3.05, 3.63) is 28.8 Å². The molecule has 0 unspecified atom stereocenters. The first-order valence-corrected chi connectivity index (χ1v) is 11.0. The van der Waals surface area contributed by atoms with Crippen molar-refractivity contribution in [3.63, 3.8) is 0 Å². The first-order valence-electron chi connectivity index (χ1n) is 8.15. The van der Waals surface area contributed by atoms with E-state index in [-0.39, 0.29) is 41.4 Å². The molecule has 0 spiro atoms. The van der Waals surface area contributed by atoms with Gasteiger partial charge in [0.2, 0.25) is 11.8 Å². The first-order chi connectivity index (χ1) is 11.7. The molecular formula is C17H24N2O4S2. The minimum Gasteiger partial charge on any atom is -0.273 e. The van der Waals surface area contributed by atoms with Crippen LogP contribution in [0, 0.1) is 26.7 Å². The highest BCUT2D eigenvalue weighted by molar-refractivity contribution is 8.00. The molecule has 0 aliphatic carbocycles. The number of nitrogens with one attached hydrogen (secondary N) is 2. The number of carbonyl (C=O) groups excluding carboxylic acids is 2. The van der Waals surface area contributed by atoms with E-state index in [0.717, 1.165) is 16.0 Å². The Morgan fingerprint density at radius 2 is 1.72 bits per heavy atom.